The number of hydrazine groups is 1. The predicted molar refractivity (Wildman–Crippen MR) is 83.1 cm³/mol. The van der Waals surface area contributed by atoms with Gasteiger partial charge in [0.25, 0.3) is 5.91 Å². The van der Waals surface area contributed by atoms with Gasteiger partial charge in [-0.25, -0.2) is 4.98 Å². The van der Waals surface area contributed by atoms with Crippen LogP contribution in [0.25, 0.3) is 0 Å². The first-order valence-electron chi connectivity index (χ1n) is 7.13. The highest BCUT2D eigenvalue weighted by molar-refractivity contribution is 6.03. The first-order valence-corrected chi connectivity index (χ1v) is 7.13. The summed E-state index contributed by atoms with van der Waals surface area (Å²) in [7, 11) is 0. The number of amides is 1. The van der Waals surface area contributed by atoms with Crippen molar-refractivity contribution in [3.05, 3.63) is 53.3 Å². The number of nitrogen functional groups attached to an aromatic ring is 1. The standard InChI is InChI=1S/C16H18N4O/c17-20-12-8-9-15(18-10-12)16(21)19-14-7-3-5-11-4-1-2-6-13(11)14/h3,5,7-10,20H,1-2,4,6,17H2,(H,19,21). The molecule has 0 atom stereocenters. The molecule has 1 heterocycles. The minimum absolute atomic E-state index is 0.197. The summed E-state index contributed by atoms with van der Waals surface area (Å²) in [6.45, 7) is 0. The molecule has 0 bridgehead atoms. The average molecular weight is 282 g/mol. The fourth-order valence-electron chi connectivity index (χ4n) is 2.70. The Morgan fingerprint density at radius 3 is 2.76 bits per heavy atom. The quantitative estimate of drug-likeness (QED) is 0.597. The second-order valence-electron chi connectivity index (χ2n) is 5.18. The van der Waals surface area contributed by atoms with Crippen LogP contribution >= 0.6 is 0 Å². The third-order valence-corrected chi connectivity index (χ3v) is 3.81. The second-order valence-corrected chi connectivity index (χ2v) is 5.18. The molecule has 0 radical (unpaired) electrons. The van der Waals surface area contributed by atoms with E-state index in [4.69, 9.17) is 5.84 Å². The van der Waals surface area contributed by atoms with Gasteiger partial charge in [-0.15, -0.1) is 0 Å². The van der Waals surface area contributed by atoms with Crippen LogP contribution in [0.15, 0.2) is 36.5 Å². The second kappa shape index (κ2) is 5.93. The van der Waals surface area contributed by atoms with Crippen LogP contribution in [0.5, 0.6) is 0 Å². The molecule has 0 aliphatic heterocycles. The number of carbonyl (C=O) groups is 1. The highest BCUT2D eigenvalue weighted by atomic mass is 16.1. The molecule has 0 saturated heterocycles. The Balaban J connectivity index is 1.81. The molecule has 0 fully saturated rings. The van der Waals surface area contributed by atoms with Crippen LogP contribution < -0.4 is 16.6 Å². The Kier molecular flexibility index (Phi) is 3.83. The highest BCUT2D eigenvalue weighted by Gasteiger charge is 2.15. The number of nitrogens with zero attached hydrogens (tertiary/aromatic N) is 1. The number of carbonyl (C=O) groups excluding carboxylic acids is 1. The lowest BCUT2D eigenvalue weighted by molar-refractivity contribution is 0.102. The molecule has 5 nitrogen and oxygen atoms in total. The van der Waals surface area contributed by atoms with Gasteiger partial charge in [0.05, 0.1) is 11.9 Å². The normalized spacial score (nSPS) is 13.4. The van der Waals surface area contributed by atoms with Crippen molar-refractivity contribution in [2.24, 2.45) is 5.84 Å². The van der Waals surface area contributed by atoms with Gasteiger partial charge in [-0.1, -0.05) is 12.1 Å². The third kappa shape index (κ3) is 2.87. The van der Waals surface area contributed by atoms with Crippen LogP contribution in [0.2, 0.25) is 0 Å². The van der Waals surface area contributed by atoms with Gasteiger partial charge in [-0.05, 0) is 55.0 Å². The van der Waals surface area contributed by atoms with Gasteiger partial charge in [0, 0.05) is 5.69 Å². The van der Waals surface area contributed by atoms with Gasteiger partial charge in [0.1, 0.15) is 5.69 Å². The molecule has 1 aromatic carbocycles. The maximum Gasteiger partial charge on any atom is 0.274 e. The lowest BCUT2D eigenvalue weighted by atomic mass is 9.90. The number of fused-ring (bicyclic) bond motifs is 1. The van der Waals surface area contributed by atoms with Crippen LogP contribution in [-0.2, 0) is 12.8 Å². The molecule has 1 amide bonds. The Hall–Kier alpha value is -2.40. The van der Waals surface area contributed by atoms with Crippen LogP contribution in [0.1, 0.15) is 34.5 Å². The van der Waals surface area contributed by atoms with Gasteiger partial charge in [-0.3, -0.25) is 10.6 Å². The summed E-state index contributed by atoms with van der Waals surface area (Å²) in [5.41, 5.74) is 7.04. The van der Waals surface area contributed by atoms with Gasteiger partial charge >= 0.3 is 0 Å². The van der Waals surface area contributed by atoms with E-state index in [1.165, 1.54) is 30.2 Å². The summed E-state index contributed by atoms with van der Waals surface area (Å²) < 4.78 is 0. The van der Waals surface area contributed by atoms with Gasteiger partial charge in [0.2, 0.25) is 0 Å². The topological polar surface area (TPSA) is 80.0 Å². The average Bonchev–Trinajstić information content (AvgIpc) is 2.55. The molecule has 4 N–H and O–H groups in total. The van der Waals surface area contributed by atoms with Crippen molar-refractivity contribution in [1.29, 1.82) is 0 Å². The number of pyridine rings is 1. The van der Waals surface area contributed by atoms with E-state index in [0.29, 0.717) is 11.4 Å². The highest BCUT2D eigenvalue weighted by Crippen LogP contribution is 2.28. The number of hydrogen-bond acceptors (Lipinski definition) is 4. The Bertz CT molecular complexity index is 652. The van der Waals surface area contributed by atoms with Crippen LogP contribution in [0, 0.1) is 0 Å². The maximum absolute atomic E-state index is 12.3. The van der Waals surface area contributed by atoms with Gasteiger partial charge in [0.15, 0.2) is 0 Å². The number of nitrogens with one attached hydrogen (secondary N) is 2. The minimum atomic E-state index is -0.197. The van der Waals surface area contributed by atoms with Crippen molar-refractivity contribution in [2.75, 3.05) is 10.7 Å². The number of anilines is 2. The monoisotopic (exact) mass is 282 g/mol. The van der Waals surface area contributed by atoms with E-state index in [1.54, 1.807) is 12.1 Å². The number of rotatable bonds is 3. The SMILES string of the molecule is NNc1ccc(C(=O)Nc2cccc3c2CCCC3)nc1. The first-order chi connectivity index (χ1) is 10.3. The lowest BCUT2D eigenvalue weighted by Gasteiger charge is -2.19. The number of aryl methyl sites for hydroxylation is 1. The summed E-state index contributed by atoms with van der Waals surface area (Å²) >= 11 is 0. The molecule has 5 heteroatoms. The van der Waals surface area contributed by atoms with E-state index in [0.717, 1.165) is 18.5 Å². The number of aromatic nitrogens is 1. The molecule has 108 valence electrons. The number of benzene rings is 1. The first kappa shape index (κ1) is 13.6. The fraction of sp³-hybridized carbons (Fsp3) is 0.250. The van der Waals surface area contributed by atoms with Crippen molar-refractivity contribution in [2.45, 2.75) is 25.7 Å². The zero-order chi connectivity index (χ0) is 14.7. The molecule has 0 spiro atoms. The third-order valence-electron chi connectivity index (χ3n) is 3.81. The molecule has 0 unspecified atom stereocenters. The van der Waals surface area contributed by atoms with Crippen LogP contribution in [0.3, 0.4) is 0 Å². The summed E-state index contributed by atoms with van der Waals surface area (Å²) in [5.74, 6) is 5.09. The lowest BCUT2D eigenvalue weighted by Crippen LogP contribution is -2.17. The fourth-order valence-corrected chi connectivity index (χ4v) is 2.70. The molecule has 3 rings (SSSR count). The molecule has 0 saturated carbocycles. The minimum Gasteiger partial charge on any atom is -0.323 e. The van der Waals surface area contributed by atoms with E-state index >= 15 is 0 Å². The van der Waals surface area contributed by atoms with E-state index < -0.39 is 0 Å². The molecular weight excluding hydrogens is 264 g/mol. The summed E-state index contributed by atoms with van der Waals surface area (Å²) in [4.78, 5) is 16.4. The predicted octanol–water partition coefficient (Wildman–Crippen LogP) is 2.50. The van der Waals surface area contributed by atoms with Crippen molar-refractivity contribution in [1.82, 2.24) is 4.98 Å². The van der Waals surface area contributed by atoms with Crippen LogP contribution in [-0.4, -0.2) is 10.9 Å². The summed E-state index contributed by atoms with van der Waals surface area (Å²) in [6, 6.07) is 9.47. The Labute approximate surface area is 123 Å². The van der Waals surface area contributed by atoms with Crippen molar-refractivity contribution in [3.63, 3.8) is 0 Å². The molecule has 21 heavy (non-hydrogen) atoms. The van der Waals surface area contributed by atoms with Crippen LogP contribution in [0.4, 0.5) is 11.4 Å². The molecule has 1 aliphatic carbocycles. The van der Waals surface area contributed by atoms with E-state index in [9.17, 15) is 4.79 Å². The van der Waals surface area contributed by atoms with E-state index in [2.05, 4.69) is 21.8 Å². The van der Waals surface area contributed by atoms with Gasteiger partial charge in [-0.2, -0.15) is 0 Å². The van der Waals surface area contributed by atoms with E-state index in [1.807, 2.05) is 12.1 Å². The largest absolute Gasteiger partial charge is 0.323 e. The van der Waals surface area contributed by atoms with E-state index in [-0.39, 0.29) is 5.91 Å². The number of nitrogens with two attached hydrogens (primary N) is 1. The zero-order valence-corrected chi connectivity index (χ0v) is 11.7. The molecule has 1 aliphatic rings. The molecular formula is C16H18N4O. The summed E-state index contributed by atoms with van der Waals surface area (Å²) in [5, 5.41) is 2.97. The van der Waals surface area contributed by atoms with Crippen molar-refractivity contribution in [3.8, 4) is 0 Å². The number of hydrogen-bond donors (Lipinski definition) is 3. The molecule has 2 aromatic rings. The Morgan fingerprint density at radius 1 is 1.14 bits per heavy atom. The smallest absolute Gasteiger partial charge is 0.274 e. The summed E-state index contributed by atoms with van der Waals surface area (Å²) in [6.07, 6.45) is 6.05. The zero-order valence-electron chi connectivity index (χ0n) is 11.7. The van der Waals surface area contributed by atoms with Gasteiger partial charge < -0.3 is 10.7 Å². The Morgan fingerprint density at radius 2 is 2.00 bits per heavy atom. The van der Waals surface area contributed by atoms with Crippen molar-refractivity contribution >= 4 is 17.3 Å². The maximum atomic E-state index is 12.3. The molecule has 1 aromatic heterocycles. The van der Waals surface area contributed by atoms with Crippen molar-refractivity contribution < 1.29 is 4.79 Å².